The zero-order chi connectivity index (χ0) is 19.6. The lowest BCUT2D eigenvalue weighted by Crippen LogP contribution is -2.28. The Morgan fingerprint density at radius 2 is 2.11 bits per heavy atom. The molecule has 3 rings (SSSR count). The molecule has 0 aliphatic carbocycles. The molecule has 144 valence electrons. The molecule has 1 unspecified atom stereocenters. The quantitative estimate of drug-likeness (QED) is 0.650. The minimum atomic E-state index is -2.56. The van der Waals surface area contributed by atoms with Crippen LogP contribution in [0.2, 0.25) is 5.15 Å². The molecule has 1 aliphatic rings. The highest BCUT2D eigenvalue weighted by atomic mass is 35.5. The van der Waals surface area contributed by atoms with Gasteiger partial charge in [0.2, 0.25) is 5.88 Å². The molecule has 1 aliphatic heterocycles. The maximum atomic E-state index is 12.8. The van der Waals surface area contributed by atoms with Gasteiger partial charge in [0.15, 0.2) is 6.61 Å². The van der Waals surface area contributed by atoms with Crippen LogP contribution in [0.5, 0.6) is 5.88 Å². The fourth-order valence-electron chi connectivity index (χ4n) is 3.23. The number of carbonyl (C=O) groups excluding carboxylic acids is 1. The first-order valence-corrected chi connectivity index (χ1v) is 9.15. The minimum absolute atomic E-state index is 0.109. The van der Waals surface area contributed by atoms with Crippen LogP contribution in [0.3, 0.4) is 0 Å². The van der Waals surface area contributed by atoms with E-state index >= 15 is 0 Å². The van der Waals surface area contributed by atoms with Gasteiger partial charge in [0.25, 0.3) is 12.3 Å². The van der Waals surface area contributed by atoms with Gasteiger partial charge in [0.05, 0.1) is 12.6 Å². The first-order chi connectivity index (χ1) is 12.9. The van der Waals surface area contributed by atoms with Crippen LogP contribution in [0.4, 0.5) is 8.78 Å². The Hall–Kier alpha value is -2.28. The Kier molecular flexibility index (Phi) is 5.89. The second-order valence-corrected chi connectivity index (χ2v) is 6.73. The number of nitrogens with zero attached hydrogens (tertiary/aromatic N) is 3. The van der Waals surface area contributed by atoms with E-state index in [2.05, 4.69) is 9.97 Å². The number of rotatable bonds is 7. The maximum Gasteiger partial charge on any atom is 0.272 e. The van der Waals surface area contributed by atoms with Crippen molar-refractivity contribution >= 4 is 17.5 Å². The monoisotopic (exact) mass is 395 g/mol. The Morgan fingerprint density at radius 1 is 1.33 bits per heavy atom. The van der Waals surface area contributed by atoms with Crippen LogP contribution < -0.4 is 4.74 Å². The van der Waals surface area contributed by atoms with Crippen LogP contribution >= 0.6 is 11.6 Å². The highest BCUT2D eigenvalue weighted by Gasteiger charge is 2.34. The van der Waals surface area contributed by atoms with Gasteiger partial charge in [-0.15, -0.1) is 0 Å². The van der Waals surface area contributed by atoms with E-state index < -0.39 is 13.0 Å². The van der Waals surface area contributed by atoms with Crippen molar-refractivity contribution in [3.8, 4) is 5.88 Å². The molecule has 27 heavy (non-hydrogen) atoms. The lowest BCUT2D eigenvalue weighted by atomic mass is 10.0. The van der Waals surface area contributed by atoms with E-state index in [1.54, 1.807) is 23.1 Å². The first kappa shape index (κ1) is 19.5. The molecule has 0 saturated heterocycles. The van der Waals surface area contributed by atoms with Crippen molar-refractivity contribution in [3.63, 3.8) is 0 Å². The number of carbonyl (C=O) groups is 1. The normalized spacial score (nSPS) is 14.6. The van der Waals surface area contributed by atoms with Gasteiger partial charge in [0, 0.05) is 29.1 Å². The molecule has 0 aromatic carbocycles. The van der Waals surface area contributed by atoms with E-state index in [0.717, 1.165) is 23.2 Å². The molecule has 8 heteroatoms. The number of ether oxygens (including phenoxy) is 1. The first-order valence-electron chi connectivity index (χ1n) is 8.77. The second kappa shape index (κ2) is 8.17. The predicted molar refractivity (Wildman–Crippen MR) is 97.3 cm³/mol. The standard InChI is InChI=1S/C19H20ClF2N3O2/c1-3-4-15-12(5-6-17(24-15)27-10-16(21)22)11(2)25-9-14-13(19(25)26)7-8-23-18(14)20/h5-8,11,16H,3-4,9-10H2,1-2H3. The number of hydrogen-bond acceptors (Lipinski definition) is 4. The average molecular weight is 396 g/mol. The topological polar surface area (TPSA) is 55.3 Å². The van der Waals surface area contributed by atoms with Gasteiger partial charge in [0.1, 0.15) is 5.15 Å². The van der Waals surface area contributed by atoms with E-state index in [0.29, 0.717) is 23.7 Å². The van der Waals surface area contributed by atoms with Gasteiger partial charge < -0.3 is 9.64 Å². The molecule has 1 atom stereocenters. The molecule has 5 nitrogen and oxygen atoms in total. The smallest absolute Gasteiger partial charge is 0.272 e. The van der Waals surface area contributed by atoms with Crippen molar-refractivity contribution in [3.05, 3.63) is 51.9 Å². The van der Waals surface area contributed by atoms with Crippen LogP contribution in [0.1, 0.15) is 53.5 Å². The van der Waals surface area contributed by atoms with E-state index in [4.69, 9.17) is 16.3 Å². The number of hydrogen-bond donors (Lipinski definition) is 0. The van der Waals surface area contributed by atoms with Crippen LogP contribution in [0.25, 0.3) is 0 Å². The lowest BCUT2D eigenvalue weighted by Gasteiger charge is -2.26. The highest BCUT2D eigenvalue weighted by Crippen LogP contribution is 2.35. The van der Waals surface area contributed by atoms with Gasteiger partial charge in [-0.3, -0.25) is 4.79 Å². The number of amides is 1. The third-order valence-electron chi connectivity index (χ3n) is 4.57. The number of halogens is 3. The molecule has 0 spiro atoms. The Bertz CT molecular complexity index is 848. The summed E-state index contributed by atoms with van der Waals surface area (Å²) in [7, 11) is 0. The summed E-state index contributed by atoms with van der Waals surface area (Å²) in [4.78, 5) is 22.9. The Balaban J connectivity index is 1.87. The van der Waals surface area contributed by atoms with Gasteiger partial charge >= 0.3 is 0 Å². The molecule has 0 radical (unpaired) electrons. The molecule has 2 aromatic rings. The van der Waals surface area contributed by atoms with Crippen molar-refractivity contribution in [2.45, 2.75) is 45.7 Å². The number of fused-ring (bicyclic) bond motifs is 1. The van der Waals surface area contributed by atoms with Crippen molar-refractivity contribution in [2.24, 2.45) is 0 Å². The SMILES string of the molecule is CCCc1nc(OCC(F)F)ccc1C(C)N1Cc2c(ccnc2Cl)C1=O. The predicted octanol–water partition coefficient (Wildman–Crippen LogP) is 4.44. The molecule has 0 fully saturated rings. The summed E-state index contributed by atoms with van der Waals surface area (Å²) in [6.07, 6.45) is 0.448. The van der Waals surface area contributed by atoms with Crippen LogP contribution in [-0.4, -0.2) is 33.8 Å². The third kappa shape index (κ3) is 4.03. The summed E-state index contributed by atoms with van der Waals surface area (Å²) in [6.45, 7) is 3.60. The van der Waals surface area contributed by atoms with E-state index in [9.17, 15) is 13.6 Å². The fourth-order valence-corrected chi connectivity index (χ4v) is 3.45. The van der Waals surface area contributed by atoms with Gasteiger partial charge in [-0.2, -0.15) is 0 Å². The fraction of sp³-hybridized carbons (Fsp3) is 0.421. The summed E-state index contributed by atoms with van der Waals surface area (Å²) in [5.74, 6) is 0.0558. The Morgan fingerprint density at radius 3 is 2.78 bits per heavy atom. The summed E-state index contributed by atoms with van der Waals surface area (Å²) in [5.41, 5.74) is 2.89. The summed E-state index contributed by atoms with van der Waals surface area (Å²) >= 11 is 6.13. The molecular weight excluding hydrogens is 376 g/mol. The van der Waals surface area contributed by atoms with E-state index in [1.165, 1.54) is 6.20 Å². The van der Waals surface area contributed by atoms with E-state index in [1.807, 2.05) is 13.8 Å². The average Bonchev–Trinajstić information content (AvgIpc) is 2.98. The highest BCUT2D eigenvalue weighted by molar-refractivity contribution is 6.30. The second-order valence-electron chi connectivity index (χ2n) is 6.37. The van der Waals surface area contributed by atoms with Crippen LogP contribution in [0.15, 0.2) is 24.4 Å². The van der Waals surface area contributed by atoms with Gasteiger partial charge in [-0.25, -0.2) is 18.7 Å². The lowest BCUT2D eigenvalue weighted by molar-refractivity contribution is 0.0712. The van der Waals surface area contributed by atoms with Gasteiger partial charge in [-0.1, -0.05) is 24.9 Å². The summed E-state index contributed by atoms with van der Waals surface area (Å²) in [5, 5.41) is 0.332. The molecule has 3 heterocycles. The molecule has 0 N–H and O–H groups in total. The zero-order valence-corrected chi connectivity index (χ0v) is 15.8. The molecule has 1 amide bonds. The third-order valence-corrected chi connectivity index (χ3v) is 4.89. The largest absolute Gasteiger partial charge is 0.472 e. The molecule has 2 aromatic heterocycles. The maximum absolute atomic E-state index is 12.8. The summed E-state index contributed by atoms with van der Waals surface area (Å²) in [6, 6.07) is 4.77. The molecule has 0 saturated carbocycles. The number of alkyl halides is 2. The minimum Gasteiger partial charge on any atom is -0.472 e. The number of aryl methyl sites for hydroxylation is 1. The van der Waals surface area contributed by atoms with Crippen LogP contribution in [0, 0.1) is 0 Å². The van der Waals surface area contributed by atoms with Crippen molar-refractivity contribution in [1.82, 2.24) is 14.9 Å². The van der Waals surface area contributed by atoms with Gasteiger partial charge in [-0.05, 0) is 31.0 Å². The van der Waals surface area contributed by atoms with Crippen molar-refractivity contribution in [1.29, 1.82) is 0 Å². The van der Waals surface area contributed by atoms with Crippen molar-refractivity contribution in [2.75, 3.05) is 6.61 Å². The number of pyridine rings is 2. The zero-order valence-electron chi connectivity index (χ0n) is 15.1. The molecular formula is C19H20ClF2N3O2. The van der Waals surface area contributed by atoms with Crippen molar-refractivity contribution < 1.29 is 18.3 Å². The number of aromatic nitrogens is 2. The van der Waals surface area contributed by atoms with E-state index in [-0.39, 0.29) is 17.8 Å². The summed E-state index contributed by atoms with van der Waals surface area (Å²) < 4.78 is 29.8. The van der Waals surface area contributed by atoms with Crippen LogP contribution in [-0.2, 0) is 13.0 Å². The molecule has 0 bridgehead atoms. The Labute approximate surface area is 161 Å².